The zero-order valence-electron chi connectivity index (χ0n) is 4.18. The predicted octanol–water partition coefficient (Wildman–Crippen LogP) is 1.95. The van der Waals surface area contributed by atoms with Crippen LogP contribution in [0.25, 0.3) is 0 Å². The van der Waals surface area contributed by atoms with Crippen LogP contribution in [0.2, 0.25) is 0 Å². The van der Waals surface area contributed by atoms with Gasteiger partial charge in [0.05, 0.1) is 0 Å². The SMILES string of the molecule is O=C(F)C(F)(Cl)C(F)(F)F. The number of halogens is 6. The molecule has 1 nitrogen and oxygen atoms in total. The Morgan fingerprint density at radius 1 is 1.20 bits per heavy atom. The standard InChI is InChI=1S/C3ClF5O/c4-2(6,1(5)10)3(7,8)9. The molecule has 0 saturated carbocycles. The molecular formula is C3ClF5O. The first-order chi connectivity index (χ1) is 4.19. The largest absolute Gasteiger partial charge is 0.447 e. The topological polar surface area (TPSA) is 17.1 Å². The summed E-state index contributed by atoms with van der Waals surface area (Å²) in [5, 5.41) is -4.90. The fourth-order valence-corrected chi connectivity index (χ4v) is 0.111. The number of hydrogen-bond donors (Lipinski definition) is 0. The second-order valence-electron chi connectivity index (χ2n) is 1.35. The van der Waals surface area contributed by atoms with Crippen molar-refractivity contribution in [3.8, 4) is 0 Å². The molecule has 0 aliphatic rings. The fraction of sp³-hybridized carbons (Fsp3) is 0.667. The lowest BCUT2D eigenvalue weighted by Crippen LogP contribution is -2.40. The lowest BCUT2D eigenvalue weighted by atomic mass is 10.4. The minimum atomic E-state index is -5.71. The van der Waals surface area contributed by atoms with E-state index in [-0.39, 0.29) is 0 Å². The molecule has 0 aliphatic carbocycles. The first-order valence-corrected chi connectivity index (χ1v) is 2.22. The monoisotopic (exact) mass is 182 g/mol. The molecule has 0 aromatic rings. The zero-order chi connectivity index (χ0) is 8.58. The van der Waals surface area contributed by atoms with Crippen LogP contribution in [0.5, 0.6) is 0 Å². The van der Waals surface area contributed by atoms with Gasteiger partial charge in [0, 0.05) is 0 Å². The van der Waals surface area contributed by atoms with Gasteiger partial charge in [-0.15, -0.1) is 0 Å². The van der Waals surface area contributed by atoms with Gasteiger partial charge in [0.25, 0.3) is 0 Å². The van der Waals surface area contributed by atoms with Crippen molar-refractivity contribution >= 4 is 17.6 Å². The molecule has 0 radical (unpaired) electrons. The Morgan fingerprint density at radius 2 is 1.50 bits per heavy atom. The highest BCUT2D eigenvalue weighted by atomic mass is 35.5. The molecule has 1 atom stereocenters. The molecule has 0 heterocycles. The molecule has 0 amide bonds. The van der Waals surface area contributed by atoms with Gasteiger partial charge in [0.15, 0.2) is 0 Å². The van der Waals surface area contributed by atoms with Crippen LogP contribution in [-0.2, 0) is 4.79 Å². The average Bonchev–Trinajstić information content (AvgIpc) is 1.62. The minimum Gasteiger partial charge on any atom is -0.255 e. The number of rotatable bonds is 1. The number of carbonyl (C=O) groups excluding carboxylic acids is 1. The van der Waals surface area contributed by atoms with E-state index in [1.807, 2.05) is 0 Å². The van der Waals surface area contributed by atoms with Crippen LogP contribution in [0.15, 0.2) is 0 Å². The average molecular weight is 182 g/mol. The summed E-state index contributed by atoms with van der Waals surface area (Å²) in [4.78, 5) is 9.22. The normalized spacial score (nSPS) is 18.2. The molecule has 0 aromatic carbocycles. The van der Waals surface area contributed by atoms with Gasteiger partial charge in [-0.25, -0.2) is 4.39 Å². The molecule has 0 aromatic heterocycles. The summed E-state index contributed by atoms with van der Waals surface area (Å²) in [5.74, 6) is 0. The molecule has 7 heteroatoms. The zero-order valence-corrected chi connectivity index (χ0v) is 4.93. The van der Waals surface area contributed by atoms with E-state index >= 15 is 0 Å². The Hall–Kier alpha value is -0.390. The highest BCUT2D eigenvalue weighted by Crippen LogP contribution is 2.38. The van der Waals surface area contributed by atoms with Gasteiger partial charge in [-0.3, -0.25) is 4.79 Å². The van der Waals surface area contributed by atoms with Gasteiger partial charge >= 0.3 is 17.3 Å². The van der Waals surface area contributed by atoms with Crippen molar-refractivity contribution < 1.29 is 26.7 Å². The molecular weight excluding hydrogens is 182 g/mol. The Balaban J connectivity index is 4.57. The quantitative estimate of drug-likeness (QED) is 0.344. The summed E-state index contributed by atoms with van der Waals surface area (Å²) < 4.78 is 56.1. The second-order valence-corrected chi connectivity index (χ2v) is 1.87. The van der Waals surface area contributed by atoms with E-state index < -0.39 is 17.3 Å². The maximum absolute atomic E-state index is 11.6. The Labute approximate surface area is 56.8 Å². The molecule has 0 saturated heterocycles. The third-order valence-corrected chi connectivity index (χ3v) is 0.966. The van der Waals surface area contributed by atoms with E-state index in [2.05, 4.69) is 11.6 Å². The summed E-state index contributed by atoms with van der Waals surface area (Å²) >= 11 is 3.83. The molecule has 10 heavy (non-hydrogen) atoms. The lowest BCUT2D eigenvalue weighted by Gasteiger charge is -2.14. The highest BCUT2D eigenvalue weighted by molar-refractivity contribution is 6.33. The summed E-state index contributed by atoms with van der Waals surface area (Å²) in [6.45, 7) is 0. The van der Waals surface area contributed by atoms with Gasteiger partial charge in [-0.05, 0) is 0 Å². The summed E-state index contributed by atoms with van der Waals surface area (Å²) in [7, 11) is 0. The Morgan fingerprint density at radius 3 is 1.50 bits per heavy atom. The van der Waals surface area contributed by atoms with Crippen molar-refractivity contribution in [3.05, 3.63) is 0 Å². The molecule has 1 unspecified atom stereocenters. The van der Waals surface area contributed by atoms with Crippen molar-refractivity contribution in [3.63, 3.8) is 0 Å². The van der Waals surface area contributed by atoms with E-state index in [0.717, 1.165) is 0 Å². The molecule has 0 aliphatic heterocycles. The summed E-state index contributed by atoms with van der Waals surface area (Å²) in [5.41, 5.74) is 0. The van der Waals surface area contributed by atoms with Crippen LogP contribution >= 0.6 is 11.6 Å². The maximum atomic E-state index is 11.6. The Bertz CT molecular complexity index is 149. The minimum absolute atomic E-state index is 3.26. The van der Waals surface area contributed by atoms with E-state index in [9.17, 15) is 26.7 Å². The third kappa shape index (κ3) is 1.56. The van der Waals surface area contributed by atoms with Crippen LogP contribution in [-0.4, -0.2) is 17.3 Å². The van der Waals surface area contributed by atoms with Crippen LogP contribution in [0.4, 0.5) is 22.0 Å². The van der Waals surface area contributed by atoms with Crippen LogP contribution in [0.3, 0.4) is 0 Å². The third-order valence-electron chi connectivity index (χ3n) is 0.603. The van der Waals surface area contributed by atoms with Crippen LogP contribution < -0.4 is 0 Å². The van der Waals surface area contributed by atoms with Crippen LogP contribution in [0, 0.1) is 0 Å². The smallest absolute Gasteiger partial charge is 0.255 e. The van der Waals surface area contributed by atoms with E-state index in [4.69, 9.17) is 0 Å². The fourth-order valence-electron chi connectivity index (χ4n) is 0.111. The molecule has 0 N–H and O–H groups in total. The highest BCUT2D eigenvalue weighted by Gasteiger charge is 2.61. The summed E-state index contributed by atoms with van der Waals surface area (Å²) in [6, 6.07) is -3.26. The van der Waals surface area contributed by atoms with Gasteiger partial charge in [-0.2, -0.15) is 17.6 Å². The van der Waals surface area contributed by atoms with Crippen molar-refractivity contribution in [1.29, 1.82) is 0 Å². The van der Waals surface area contributed by atoms with Crippen molar-refractivity contribution in [2.24, 2.45) is 0 Å². The van der Waals surface area contributed by atoms with Crippen molar-refractivity contribution in [2.75, 3.05) is 0 Å². The Kier molecular flexibility index (Phi) is 2.24. The van der Waals surface area contributed by atoms with Gasteiger partial charge in [-0.1, -0.05) is 11.6 Å². The first-order valence-electron chi connectivity index (χ1n) is 1.84. The number of carbonyl (C=O) groups is 1. The van der Waals surface area contributed by atoms with Gasteiger partial charge in [0.1, 0.15) is 0 Å². The van der Waals surface area contributed by atoms with Crippen LogP contribution in [0.1, 0.15) is 0 Å². The van der Waals surface area contributed by atoms with E-state index in [1.54, 1.807) is 0 Å². The van der Waals surface area contributed by atoms with Gasteiger partial charge in [0.2, 0.25) is 0 Å². The second kappa shape index (κ2) is 2.34. The molecule has 0 fully saturated rings. The lowest BCUT2D eigenvalue weighted by molar-refractivity contribution is -0.205. The first kappa shape index (κ1) is 9.61. The molecule has 0 spiro atoms. The number of alkyl halides is 5. The molecule has 60 valence electrons. The molecule has 0 rings (SSSR count). The predicted molar refractivity (Wildman–Crippen MR) is 21.9 cm³/mol. The molecule has 0 bridgehead atoms. The maximum Gasteiger partial charge on any atom is 0.447 e. The van der Waals surface area contributed by atoms with Gasteiger partial charge < -0.3 is 0 Å². The summed E-state index contributed by atoms with van der Waals surface area (Å²) in [6.07, 6.45) is -5.71. The van der Waals surface area contributed by atoms with Crippen molar-refractivity contribution in [1.82, 2.24) is 0 Å². The van der Waals surface area contributed by atoms with Crippen molar-refractivity contribution in [2.45, 2.75) is 11.3 Å². The van der Waals surface area contributed by atoms with E-state index in [0.29, 0.717) is 0 Å². The number of hydrogen-bond acceptors (Lipinski definition) is 1. The van der Waals surface area contributed by atoms with E-state index in [1.165, 1.54) is 0 Å².